The number of ether oxygens (including phenoxy) is 3. The molecule has 146 valence electrons. The molecule has 7 heteroatoms. The summed E-state index contributed by atoms with van der Waals surface area (Å²) in [6.45, 7) is 0.163. The monoisotopic (exact) mass is 381 g/mol. The van der Waals surface area contributed by atoms with Gasteiger partial charge in [0.1, 0.15) is 17.2 Å². The second-order valence-electron chi connectivity index (χ2n) is 6.22. The summed E-state index contributed by atoms with van der Waals surface area (Å²) < 4.78 is 15.8. The predicted octanol–water partition coefficient (Wildman–Crippen LogP) is 3.34. The molecule has 3 aromatic rings. The van der Waals surface area contributed by atoms with Gasteiger partial charge in [0.25, 0.3) is 0 Å². The van der Waals surface area contributed by atoms with Gasteiger partial charge in [0, 0.05) is 48.2 Å². The Morgan fingerprint density at radius 2 is 1.64 bits per heavy atom. The minimum atomic E-state index is -0.161. The minimum Gasteiger partial charge on any atom is -0.497 e. The van der Waals surface area contributed by atoms with Crippen molar-refractivity contribution in [2.75, 3.05) is 45.1 Å². The summed E-state index contributed by atoms with van der Waals surface area (Å²) >= 11 is 0. The third kappa shape index (κ3) is 4.25. The van der Waals surface area contributed by atoms with Gasteiger partial charge in [-0.3, -0.25) is 9.78 Å². The van der Waals surface area contributed by atoms with Crippen molar-refractivity contribution >= 4 is 28.2 Å². The summed E-state index contributed by atoms with van der Waals surface area (Å²) in [5, 5.41) is 3.80. The Kier molecular flexibility index (Phi) is 5.84. The molecule has 28 heavy (non-hydrogen) atoms. The summed E-state index contributed by atoms with van der Waals surface area (Å²) in [4.78, 5) is 18.8. The minimum absolute atomic E-state index is 0.161. The maximum absolute atomic E-state index is 12.6. The first kappa shape index (κ1) is 19.3. The van der Waals surface area contributed by atoms with Gasteiger partial charge in [-0.1, -0.05) is 0 Å². The largest absolute Gasteiger partial charge is 0.497 e. The Balaban J connectivity index is 1.79. The van der Waals surface area contributed by atoms with Crippen molar-refractivity contribution in [3.05, 3.63) is 48.7 Å². The zero-order valence-electron chi connectivity index (χ0n) is 16.4. The lowest BCUT2D eigenvalue weighted by Gasteiger charge is -2.21. The van der Waals surface area contributed by atoms with Gasteiger partial charge in [-0.25, -0.2) is 0 Å². The van der Waals surface area contributed by atoms with Crippen molar-refractivity contribution in [1.82, 2.24) is 4.98 Å². The number of nitrogens with zero attached hydrogens (tertiary/aromatic N) is 2. The molecule has 0 aliphatic heterocycles. The number of nitrogens with one attached hydrogen (secondary N) is 1. The van der Waals surface area contributed by atoms with Gasteiger partial charge >= 0.3 is 0 Å². The lowest BCUT2D eigenvalue weighted by atomic mass is 10.1. The van der Waals surface area contributed by atoms with E-state index in [0.717, 1.165) is 22.3 Å². The molecule has 0 saturated carbocycles. The van der Waals surface area contributed by atoms with Crippen LogP contribution in [0.4, 0.5) is 11.4 Å². The third-order valence-electron chi connectivity index (χ3n) is 4.35. The molecule has 0 spiro atoms. The maximum Gasteiger partial charge on any atom is 0.243 e. The number of carbonyl (C=O) groups excluding carboxylic acids is 1. The fraction of sp³-hybridized carbons (Fsp3) is 0.238. The highest BCUT2D eigenvalue weighted by Gasteiger charge is 2.13. The van der Waals surface area contributed by atoms with Gasteiger partial charge < -0.3 is 24.4 Å². The van der Waals surface area contributed by atoms with Gasteiger partial charge in [-0.15, -0.1) is 0 Å². The van der Waals surface area contributed by atoms with Crippen LogP contribution < -0.4 is 24.4 Å². The number of likely N-dealkylation sites (N-methyl/N-ethyl adjacent to an activating group) is 1. The fourth-order valence-corrected chi connectivity index (χ4v) is 2.95. The van der Waals surface area contributed by atoms with Crippen molar-refractivity contribution in [2.45, 2.75) is 0 Å². The van der Waals surface area contributed by atoms with Crippen LogP contribution in [0.5, 0.6) is 17.2 Å². The summed E-state index contributed by atoms with van der Waals surface area (Å²) in [6, 6.07) is 12.8. The zero-order chi connectivity index (χ0) is 20.1. The van der Waals surface area contributed by atoms with Crippen LogP contribution in [0, 0.1) is 0 Å². The molecule has 1 N–H and O–H groups in total. The van der Waals surface area contributed by atoms with Crippen molar-refractivity contribution in [1.29, 1.82) is 0 Å². The molecule has 2 aromatic carbocycles. The molecule has 0 atom stereocenters. The smallest absolute Gasteiger partial charge is 0.243 e. The van der Waals surface area contributed by atoms with E-state index in [1.807, 2.05) is 36.2 Å². The van der Waals surface area contributed by atoms with E-state index in [-0.39, 0.29) is 12.5 Å². The first-order valence-electron chi connectivity index (χ1n) is 8.71. The Morgan fingerprint density at radius 1 is 0.964 bits per heavy atom. The number of pyridine rings is 1. The number of anilines is 2. The summed E-state index contributed by atoms with van der Waals surface area (Å²) in [5.41, 5.74) is 2.33. The summed E-state index contributed by atoms with van der Waals surface area (Å²) in [5.74, 6) is 1.79. The van der Waals surface area contributed by atoms with Gasteiger partial charge in [-0.05, 0) is 24.3 Å². The normalized spacial score (nSPS) is 10.4. The number of amides is 1. The quantitative estimate of drug-likeness (QED) is 0.677. The second-order valence-corrected chi connectivity index (χ2v) is 6.22. The van der Waals surface area contributed by atoms with Crippen molar-refractivity contribution in [3.63, 3.8) is 0 Å². The Labute approximate surface area is 163 Å². The van der Waals surface area contributed by atoms with Crippen LogP contribution >= 0.6 is 0 Å². The van der Waals surface area contributed by atoms with E-state index in [9.17, 15) is 4.79 Å². The molecule has 1 heterocycles. The Bertz CT molecular complexity index is 968. The maximum atomic E-state index is 12.6. The topological polar surface area (TPSA) is 72.9 Å². The highest BCUT2D eigenvalue weighted by Crippen LogP contribution is 2.29. The number of methoxy groups -OCH3 is 3. The molecule has 0 saturated heterocycles. The standard InChI is InChI=1S/C21H23N3O4/c1-24(20-7-8-22-19-6-5-15(26-2)12-18(19)20)13-21(25)23-14-9-16(27-3)11-17(10-14)28-4/h5-12H,13H2,1-4H3,(H,23,25). The number of hydrogen-bond acceptors (Lipinski definition) is 6. The van der Waals surface area contributed by atoms with Gasteiger partial charge in [0.15, 0.2) is 0 Å². The summed E-state index contributed by atoms with van der Waals surface area (Å²) in [7, 11) is 6.62. The highest BCUT2D eigenvalue weighted by molar-refractivity contribution is 5.97. The van der Waals surface area contributed by atoms with Crippen molar-refractivity contribution in [3.8, 4) is 17.2 Å². The Hall–Kier alpha value is -3.48. The first-order chi connectivity index (χ1) is 13.5. The van der Waals surface area contributed by atoms with E-state index < -0.39 is 0 Å². The van der Waals surface area contributed by atoms with Crippen LogP contribution in [0.15, 0.2) is 48.7 Å². The zero-order valence-corrected chi connectivity index (χ0v) is 16.4. The van der Waals surface area contributed by atoms with Crippen molar-refractivity contribution in [2.24, 2.45) is 0 Å². The average Bonchev–Trinajstić information content (AvgIpc) is 2.72. The number of hydrogen-bond donors (Lipinski definition) is 1. The molecule has 1 aromatic heterocycles. The van der Waals surface area contributed by atoms with E-state index >= 15 is 0 Å². The number of carbonyl (C=O) groups is 1. The number of rotatable bonds is 7. The lowest BCUT2D eigenvalue weighted by Crippen LogP contribution is -2.30. The van der Waals surface area contributed by atoms with Crippen molar-refractivity contribution < 1.29 is 19.0 Å². The highest BCUT2D eigenvalue weighted by atomic mass is 16.5. The molecule has 0 fully saturated rings. The molecule has 0 aliphatic rings. The van der Waals surface area contributed by atoms with Crippen LogP contribution in [0.3, 0.4) is 0 Å². The fourth-order valence-electron chi connectivity index (χ4n) is 2.95. The molecule has 0 radical (unpaired) electrons. The number of aromatic nitrogens is 1. The van der Waals surface area contributed by atoms with Crippen LogP contribution in [-0.4, -0.2) is 45.8 Å². The van der Waals surface area contributed by atoms with Gasteiger partial charge in [0.2, 0.25) is 5.91 Å². The van der Waals surface area contributed by atoms with Gasteiger partial charge in [0.05, 0.1) is 33.4 Å². The van der Waals surface area contributed by atoms with E-state index in [4.69, 9.17) is 14.2 Å². The molecule has 3 rings (SSSR count). The SMILES string of the molecule is COc1cc(NC(=O)CN(C)c2ccnc3ccc(OC)cc23)cc(OC)c1. The van der Waals surface area contributed by atoms with Crippen LogP contribution in [-0.2, 0) is 4.79 Å². The predicted molar refractivity (Wildman–Crippen MR) is 110 cm³/mol. The number of fused-ring (bicyclic) bond motifs is 1. The molecule has 0 aliphatic carbocycles. The Morgan fingerprint density at radius 3 is 2.29 bits per heavy atom. The van der Waals surface area contributed by atoms with E-state index in [1.54, 1.807) is 45.7 Å². The number of benzene rings is 2. The average molecular weight is 381 g/mol. The molecule has 1 amide bonds. The van der Waals surface area contributed by atoms with Gasteiger partial charge in [-0.2, -0.15) is 0 Å². The molecule has 0 bridgehead atoms. The van der Waals surface area contributed by atoms with Crippen LogP contribution in [0.2, 0.25) is 0 Å². The molecular formula is C21H23N3O4. The van der Waals surface area contributed by atoms with Crippen LogP contribution in [0.25, 0.3) is 10.9 Å². The summed E-state index contributed by atoms with van der Waals surface area (Å²) in [6.07, 6.45) is 1.73. The van der Waals surface area contributed by atoms with E-state index in [0.29, 0.717) is 17.2 Å². The van der Waals surface area contributed by atoms with E-state index in [1.165, 1.54) is 0 Å². The first-order valence-corrected chi connectivity index (χ1v) is 8.71. The van der Waals surface area contributed by atoms with E-state index in [2.05, 4.69) is 10.3 Å². The molecule has 7 nitrogen and oxygen atoms in total. The van der Waals surface area contributed by atoms with Crippen LogP contribution in [0.1, 0.15) is 0 Å². The third-order valence-corrected chi connectivity index (χ3v) is 4.35. The lowest BCUT2D eigenvalue weighted by molar-refractivity contribution is -0.114. The molecule has 0 unspecified atom stereocenters. The second kappa shape index (κ2) is 8.47. The molecular weight excluding hydrogens is 358 g/mol.